The SMILES string of the molecule is C=C(Nc1cnc(CN2CCN(C)CC2)cn1)c1cc(C)n(Cc2cc(Cl)ccc2CCC(C)C)n1. The van der Waals surface area contributed by atoms with E-state index >= 15 is 0 Å². The summed E-state index contributed by atoms with van der Waals surface area (Å²) in [4.78, 5) is 13.9. The highest BCUT2D eigenvalue weighted by Gasteiger charge is 2.15. The molecule has 0 atom stereocenters. The molecule has 3 aromatic rings. The van der Waals surface area contributed by atoms with E-state index in [0.717, 1.165) is 67.7 Å². The first-order valence-corrected chi connectivity index (χ1v) is 13.1. The van der Waals surface area contributed by atoms with Crippen molar-refractivity contribution in [1.82, 2.24) is 29.5 Å². The molecular weight excluding hydrogens is 470 g/mol. The molecule has 192 valence electrons. The second-order valence-electron chi connectivity index (χ2n) is 10.3. The van der Waals surface area contributed by atoms with Crippen LogP contribution < -0.4 is 5.32 Å². The van der Waals surface area contributed by atoms with E-state index in [-0.39, 0.29) is 0 Å². The van der Waals surface area contributed by atoms with E-state index < -0.39 is 0 Å². The van der Waals surface area contributed by atoms with Gasteiger partial charge in [-0.3, -0.25) is 14.6 Å². The Morgan fingerprint density at radius 3 is 2.53 bits per heavy atom. The number of benzene rings is 1. The number of likely N-dealkylation sites (N-methyl/N-ethyl adjacent to an activating group) is 1. The van der Waals surface area contributed by atoms with Crippen molar-refractivity contribution in [1.29, 1.82) is 0 Å². The monoisotopic (exact) mass is 507 g/mol. The Morgan fingerprint density at radius 2 is 1.83 bits per heavy atom. The van der Waals surface area contributed by atoms with Crippen molar-refractivity contribution in [2.45, 2.75) is 46.7 Å². The van der Waals surface area contributed by atoms with E-state index in [9.17, 15) is 0 Å². The highest BCUT2D eigenvalue weighted by molar-refractivity contribution is 6.30. The molecule has 0 amide bonds. The smallest absolute Gasteiger partial charge is 0.148 e. The minimum absolute atomic E-state index is 0.657. The molecule has 2 aromatic heterocycles. The van der Waals surface area contributed by atoms with Gasteiger partial charge in [-0.2, -0.15) is 5.10 Å². The number of rotatable bonds is 10. The van der Waals surface area contributed by atoms with Crippen LogP contribution in [0.1, 0.15) is 48.5 Å². The van der Waals surface area contributed by atoms with Crippen molar-refractivity contribution in [2.24, 2.45) is 5.92 Å². The average Bonchev–Trinajstić information content (AvgIpc) is 3.21. The summed E-state index contributed by atoms with van der Waals surface area (Å²) < 4.78 is 2.01. The number of aryl methyl sites for hydroxylation is 2. The second-order valence-corrected chi connectivity index (χ2v) is 10.7. The number of hydrogen-bond acceptors (Lipinski definition) is 6. The van der Waals surface area contributed by atoms with Crippen LogP contribution in [0.15, 0.2) is 43.2 Å². The lowest BCUT2D eigenvalue weighted by Gasteiger charge is -2.31. The van der Waals surface area contributed by atoms with Crippen molar-refractivity contribution in [2.75, 3.05) is 38.5 Å². The van der Waals surface area contributed by atoms with Gasteiger partial charge in [-0.1, -0.05) is 38.1 Å². The second kappa shape index (κ2) is 12.0. The Labute approximate surface area is 220 Å². The zero-order chi connectivity index (χ0) is 25.7. The molecule has 1 saturated heterocycles. The van der Waals surface area contributed by atoms with Crippen LogP contribution in [0, 0.1) is 12.8 Å². The van der Waals surface area contributed by atoms with Crippen molar-refractivity contribution in [3.8, 4) is 0 Å². The minimum atomic E-state index is 0.657. The molecule has 1 aliphatic heterocycles. The predicted octanol–water partition coefficient (Wildman–Crippen LogP) is 5.10. The molecule has 3 heterocycles. The summed E-state index contributed by atoms with van der Waals surface area (Å²) in [6, 6.07) is 8.23. The lowest BCUT2D eigenvalue weighted by Crippen LogP contribution is -2.44. The number of anilines is 1. The number of piperazine rings is 1. The van der Waals surface area contributed by atoms with Crippen LogP contribution >= 0.6 is 11.6 Å². The molecule has 7 nitrogen and oxygen atoms in total. The number of hydrogen-bond donors (Lipinski definition) is 1. The van der Waals surface area contributed by atoms with Gasteiger partial charge in [-0.15, -0.1) is 0 Å². The molecule has 0 bridgehead atoms. The van der Waals surface area contributed by atoms with Gasteiger partial charge >= 0.3 is 0 Å². The topological polar surface area (TPSA) is 62.1 Å². The molecule has 4 rings (SSSR count). The summed E-state index contributed by atoms with van der Waals surface area (Å²) in [6.07, 6.45) is 5.80. The first-order valence-electron chi connectivity index (χ1n) is 12.8. The summed E-state index contributed by atoms with van der Waals surface area (Å²) in [6.45, 7) is 16.6. The molecule has 1 N–H and O–H groups in total. The van der Waals surface area contributed by atoms with Gasteiger partial charge in [-0.25, -0.2) is 4.98 Å². The maximum absolute atomic E-state index is 6.33. The van der Waals surface area contributed by atoms with Crippen molar-refractivity contribution >= 4 is 23.1 Å². The number of halogens is 1. The molecule has 0 unspecified atom stereocenters. The lowest BCUT2D eigenvalue weighted by molar-refractivity contribution is 0.147. The predicted molar refractivity (Wildman–Crippen MR) is 148 cm³/mol. The molecule has 36 heavy (non-hydrogen) atoms. The third kappa shape index (κ3) is 7.15. The van der Waals surface area contributed by atoms with Crippen LogP contribution in [0.3, 0.4) is 0 Å². The van der Waals surface area contributed by atoms with E-state index in [1.165, 1.54) is 11.1 Å². The Morgan fingerprint density at radius 1 is 1.06 bits per heavy atom. The summed E-state index contributed by atoms with van der Waals surface area (Å²) in [5, 5.41) is 8.84. The average molecular weight is 508 g/mol. The molecule has 0 radical (unpaired) electrons. The van der Waals surface area contributed by atoms with Gasteiger partial charge in [0.1, 0.15) is 11.5 Å². The molecule has 0 spiro atoms. The van der Waals surface area contributed by atoms with Crippen LogP contribution in [0.4, 0.5) is 5.82 Å². The van der Waals surface area contributed by atoms with Gasteiger partial charge in [0.2, 0.25) is 0 Å². The zero-order valence-corrected chi connectivity index (χ0v) is 22.7. The van der Waals surface area contributed by atoms with Crippen molar-refractivity contribution in [3.63, 3.8) is 0 Å². The number of aromatic nitrogens is 4. The van der Waals surface area contributed by atoms with Crippen molar-refractivity contribution in [3.05, 3.63) is 76.5 Å². The molecule has 8 heteroatoms. The maximum Gasteiger partial charge on any atom is 0.148 e. The van der Waals surface area contributed by atoms with Crippen LogP contribution in [-0.4, -0.2) is 62.8 Å². The van der Waals surface area contributed by atoms with E-state index in [2.05, 4.69) is 71.6 Å². The fraction of sp³-hybridized carbons (Fsp3) is 0.464. The molecule has 0 aliphatic carbocycles. The van der Waals surface area contributed by atoms with E-state index in [4.69, 9.17) is 16.7 Å². The Hall–Kier alpha value is -2.74. The zero-order valence-electron chi connectivity index (χ0n) is 22.0. The van der Waals surface area contributed by atoms with Crippen molar-refractivity contribution < 1.29 is 0 Å². The van der Waals surface area contributed by atoms with Crippen LogP contribution in [0.2, 0.25) is 5.02 Å². The summed E-state index contributed by atoms with van der Waals surface area (Å²) in [5.41, 5.74) is 6.07. The largest absolute Gasteiger partial charge is 0.338 e. The van der Waals surface area contributed by atoms with Gasteiger partial charge in [0.15, 0.2) is 0 Å². The molecular formula is C28H38ClN7. The summed E-state index contributed by atoms with van der Waals surface area (Å²) >= 11 is 6.33. The first kappa shape index (κ1) is 26.3. The highest BCUT2D eigenvalue weighted by Crippen LogP contribution is 2.22. The maximum atomic E-state index is 6.33. The Kier molecular flexibility index (Phi) is 8.77. The van der Waals surface area contributed by atoms with Gasteiger partial charge in [0, 0.05) is 43.4 Å². The van der Waals surface area contributed by atoms with Crippen LogP contribution in [0.5, 0.6) is 0 Å². The molecule has 1 aromatic carbocycles. The molecule has 0 saturated carbocycles. The van der Waals surface area contributed by atoms with E-state index in [1.807, 2.05) is 23.0 Å². The quantitative estimate of drug-likeness (QED) is 0.412. The van der Waals surface area contributed by atoms with E-state index in [1.54, 1.807) is 6.20 Å². The highest BCUT2D eigenvalue weighted by atomic mass is 35.5. The fourth-order valence-corrected chi connectivity index (χ4v) is 4.56. The first-order chi connectivity index (χ1) is 17.3. The minimum Gasteiger partial charge on any atom is -0.338 e. The number of nitrogens with zero attached hydrogens (tertiary/aromatic N) is 6. The third-order valence-electron chi connectivity index (χ3n) is 6.74. The fourth-order valence-electron chi connectivity index (χ4n) is 4.36. The van der Waals surface area contributed by atoms with Gasteiger partial charge in [0.25, 0.3) is 0 Å². The van der Waals surface area contributed by atoms with E-state index in [0.29, 0.717) is 24.0 Å². The van der Waals surface area contributed by atoms with Gasteiger partial charge in [0.05, 0.1) is 30.3 Å². The van der Waals surface area contributed by atoms with Gasteiger partial charge in [-0.05, 0) is 62.1 Å². The Balaban J connectivity index is 1.38. The normalized spacial score (nSPS) is 14.9. The van der Waals surface area contributed by atoms with Crippen LogP contribution in [0.25, 0.3) is 5.70 Å². The third-order valence-corrected chi connectivity index (χ3v) is 6.97. The van der Waals surface area contributed by atoms with Crippen LogP contribution in [-0.2, 0) is 19.5 Å². The molecule has 1 fully saturated rings. The summed E-state index contributed by atoms with van der Waals surface area (Å²) in [5.74, 6) is 1.32. The number of nitrogens with one attached hydrogen (secondary N) is 1. The lowest BCUT2D eigenvalue weighted by atomic mass is 9.98. The Bertz CT molecular complexity index is 1160. The standard InChI is InChI=1S/C28H38ClN7/c1-20(2)6-7-23-8-9-25(29)15-24(23)18-36-21(3)14-27(33-36)22(4)32-28-17-30-26(16-31-28)19-35-12-10-34(5)11-13-35/h8-9,14-17,20H,4,6-7,10-13,18-19H2,1-3,5H3,(H,31,32). The van der Waals surface area contributed by atoms with Gasteiger partial charge < -0.3 is 10.2 Å². The molecule has 1 aliphatic rings. The summed E-state index contributed by atoms with van der Waals surface area (Å²) in [7, 11) is 2.16.